The fourth-order valence-corrected chi connectivity index (χ4v) is 6.95. The van der Waals surface area contributed by atoms with Crippen LogP contribution in [-0.2, 0) is 24.0 Å². The third-order valence-electron chi connectivity index (χ3n) is 8.48. The molecule has 3 aromatic rings. The number of benzene rings is 3. The van der Waals surface area contributed by atoms with E-state index in [9.17, 15) is 4.79 Å². The van der Waals surface area contributed by atoms with E-state index in [1.54, 1.807) is 0 Å². The molecule has 0 N–H and O–H groups in total. The lowest BCUT2D eigenvalue weighted by atomic mass is 9.85. The molecular weight excluding hydrogens is 496 g/mol. The van der Waals surface area contributed by atoms with Crippen LogP contribution in [-0.4, -0.2) is 50.2 Å². The van der Waals surface area contributed by atoms with Crippen molar-refractivity contribution in [3.8, 4) is 11.5 Å². The summed E-state index contributed by atoms with van der Waals surface area (Å²) in [4.78, 5) is 15.8. The van der Waals surface area contributed by atoms with Crippen LogP contribution >= 0.6 is 11.6 Å². The predicted molar refractivity (Wildman–Crippen MR) is 149 cm³/mol. The molecule has 0 radical (unpaired) electrons. The SMILES string of the molecule is CCc1cc2c(cc1Cl)C(c1ccccc1C(=O)N1CCOCC1)=c1cc3c4c(c1O2)CCC[N+]=4CCC3. The van der Waals surface area contributed by atoms with Gasteiger partial charge in [0, 0.05) is 58.4 Å². The Morgan fingerprint density at radius 2 is 1.82 bits per heavy atom. The molecule has 4 aliphatic heterocycles. The second kappa shape index (κ2) is 9.55. The molecule has 3 aromatic carbocycles. The van der Waals surface area contributed by atoms with Gasteiger partial charge in [-0.2, -0.15) is 0 Å². The zero-order valence-corrected chi connectivity index (χ0v) is 22.6. The van der Waals surface area contributed by atoms with Crippen molar-refractivity contribution in [3.63, 3.8) is 0 Å². The smallest absolute Gasteiger partial charge is 0.254 e. The Bertz CT molecular complexity index is 1600. The van der Waals surface area contributed by atoms with Crippen LogP contribution in [0.25, 0.3) is 5.57 Å². The van der Waals surface area contributed by atoms with Gasteiger partial charge in [-0.15, -0.1) is 0 Å². The predicted octanol–water partition coefficient (Wildman–Crippen LogP) is 4.11. The van der Waals surface area contributed by atoms with Crippen LogP contribution in [0.4, 0.5) is 0 Å². The zero-order chi connectivity index (χ0) is 25.8. The van der Waals surface area contributed by atoms with E-state index in [4.69, 9.17) is 21.1 Å². The van der Waals surface area contributed by atoms with E-state index in [0.29, 0.717) is 31.9 Å². The maximum absolute atomic E-state index is 13.9. The van der Waals surface area contributed by atoms with E-state index < -0.39 is 0 Å². The van der Waals surface area contributed by atoms with Crippen LogP contribution in [0.3, 0.4) is 0 Å². The monoisotopic (exact) mass is 527 g/mol. The van der Waals surface area contributed by atoms with Crippen LogP contribution in [0, 0.1) is 0 Å². The third kappa shape index (κ3) is 3.78. The molecule has 4 aliphatic rings. The third-order valence-corrected chi connectivity index (χ3v) is 8.83. The maximum atomic E-state index is 13.9. The van der Waals surface area contributed by atoms with Crippen LogP contribution in [0.5, 0.6) is 11.5 Å². The molecule has 38 heavy (non-hydrogen) atoms. The molecule has 1 fully saturated rings. The van der Waals surface area contributed by atoms with E-state index in [0.717, 1.165) is 89.2 Å². The van der Waals surface area contributed by atoms with E-state index in [1.165, 1.54) is 16.5 Å². The first-order chi connectivity index (χ1) is 18.6. The summed E-state index contributed by atoms with van der Waals surface area (Å²) in [5.74, 6) is 1.83. The summed E-state index contributed by atoms with van der Waals surface area (Å²) in [5.41, 5.74) is 7.43. The molecule has 194 valence electrons. The zero-order valence-electron chi connectivity index (χ0n) is 21.8. The lowest BCUT2D eigenvalue weighted by Crippen LogP contribution is -2.45. The Morgan fingerprint density at radius 3 is 2.63 bits per heavy atom. The molecule has 6 heteroatoms. The number of amides is 1. The second-order valence-corrected chi connectivity index (χ2v) is 11.1. The van der Waals surface area contributed by atoms with Gasteiger partial charge >= 0.3 is 0 Å². The van der Waals surface area contributed by atoms with Crippen molar-refractivity contribution in [1.82, 2.24) is 9.48 Å². The van der Waals surface area contributed by atoms with E-state index in [1.807, 2.05) is 29.2 Å². The van der Waals surface area contributed by atoms with Crippen LogP contribution in [0.1, 0.15) is 57.9 Å². The van der Waals surface area contributed by atoms with Gasteiger partial charge in [0.2, 0.25) is 5.36 Å². The van der Waals surface area contributed by atoms with Gasteiger partial charge < -0.3 is 14.4 Å². The van der Waals surface area contributed by atoms with Crippen molar-refractivity contribution in [1.29, 1.82) is 0 Å². The Morgan fingerprint density at radius 1 is 1.03 bits per heavy atom. The number of aryl methyl sites for hydroxylation is 2. The van der Waals surface area contributed by atoms with E-state index in [2.05, 4.69) is 29.7 Å². The molecule has 0 aromatic heterocycles. The number of hydrogen-bond donors (Lipinski definition) is 0. The minimum absolute atomic E-state index is 0.0488. The number of morpholine rings is 1. The maximum Gasteiger partial charge on any atom is 0.254 e. The molecule has 1 saturated heterocycles. The van der Waals surface area contributed by atoms with Crippen molar-refractivity contribution in [2.24, 2.45) is 0 Å². The molecule has 0 atom stereocenters. The number of ether oxygens (including phenoxy) is 2. The summed E-state index contributed by atoms with van der Waals surface area (Å²) in [6, 6.07) is 14.5. The first-order valence-electron chi connectivity index (χ1n) is 13.9. The van der Waals surface area contributed by atoms with Crippen LogP contribution in [0.15, 0.2) is 42.5 Å². The Kier molecular flexibility index (Phi) is 6.01. The number of halogens is 1. The minimum atomic E-state index is 0.0488. The topological polar surface area (TPSA) is 41.8 Å². The van der Waals surface area contributed by atoms with Gasteiger partial charge in [0.05, 0.1) is 18.8 Å². The Labute approximate surface area is 227 Å². The summed E-state index contributed by atoms with van der Waals surface area (Å²) in [6.07, 6.45) is 5.19. The number of carbonyl (C=O) groups is 1. The van der Waals surface area contributed by atoms with Crippen molar-refractivity contribution in [2.45, 2.75) is 39.0 Å². The van der Waals surface area contributed by atoms with E-state index in [-0.39, 0.29) is 5.91 Å². The average Bonchev–Trinajstić information content (AvgIpc) is 2.96. The van der Waals surface area contributed by atoms with Crippen molar-refractivity contribution in [2.75, 3.05) is 39.4 Å². The normalized spacial score (nSPS) is 17.9. The summed E-state index contributed by atoms with van der Waals surface area (Å²) < 4.78 is 14.9. The minimum Gasteiger partial charge on any atom is -0.456 e. The summed E-state index contributed by atoms with van der Waals surface area (Å²) >= 11 is 6.80. The molecule has 5 nitrogen and oxygen atoms in total. The highest BCUT2D eigenvalue weighted by Crippen LogP contribution is 2.41. The number of hydrogen-bond acceptors (Lipinski definition) is 3. The molecule has 7 rings (SSSR count). The summed E-state index contributed by atoms with van der Waals surface area (Å²) in [6.45, 7) is 6.70. The van der Waals surface area contributed by atoms with Gasteiger partial charge in [-0.25, -0.2) is 4.58 Å². The number of rotatable bonds is 3. The molecule has 4 heterocycles. The average molecular weight is 528 g/mol. The Balaban J connectivity index is 1.56. The van der Waals surface area contributed by atoms with Crippen LogP contribution in [0.2, 0.25) is 5.02 Å². The highest BCUT2D eigenvalue weighted by molar-refractivity contribution is 6.31. The first kappa shape index (κ1) is 23.9. The highest BCUT2D eigenvalue weighted by atomic mass is 35.5. The lowest BCUT2D eigenvalue weighted by molar-refractivity contribution is 0.0302. The van der Waals surface area contributed by atoms with Crippen LogP contribution < -0.4 is 19.9 Å². The van der Waals surface area contributed by atoms with Gasteiger partial charge in [0.15, 0.2) is 0 Å². The van der Waals surface area contributed by atoms with Gasteiger partial charge in [-0.1, -0.05) is 36.7 Å². The second-order valence-electron chi connectivity index (χ2n) is 10.7. The molecule has 0 unspecified atom stereocenters. The molecule has 0 aliphatic carbocycles. The van der Waals surface area contributed by atoms with Gasteiger partial charge in [-0.05, 0) is 54.7 Å². The standard InChI is InChI=1S/C32H32ClN2O3/c1-2-20-18-28-25(19-27(20)33)29(22-8-3-4-9-23(22)32(36)35-13-15-37-16-14-35)26-17-21-7-5-11-34-12-6-10-24(30(21)34)31(26)38-28/h3-4,8-9,17-19H,2,5-7,10-16H2,1H3/q+1. The number of fused-ring (bicyclic) bond motifs is 3. The van der Waals surface area contributed by atoms with Gasteiger partial charge in [-0.3, -0.25) is 4.79 Å². The molecule has 0 bridgehead atoms. The van der Waals surface area contributed by atoms with Crippen molar-refractivity contribution < 1.29 is 14.3 Å². The van der Waals surface area contributed by atoms with E-state index >= 15 is 0 Å². The molecule has 1 amide bonds. The van der Waals surface area contributed by atoms with Crippen molar-refractivity contribution in [3.05, 3.63) is 91.4 Å². The summed E-state index contributed by atoms with van der Waals surface area (Å²) in [7, 11) is 0. The molecule has 0 saturated carbocycles. The lowest BCUT2D eigenvalue weighted by Gasteiger charge is -2.29. The summed E-state index contributed by atoms with van der Waals surface area (Å²) in [5, 5.41) is 3.20. The number of carbonyl (C=O) groups excluding carboxylic acids is 1. The van der Waals surface area contributed by atoms with Gasteiger partial charge in [0.1, 0.15) is 24.6 Å². The fraction of sp³-hybridized carbons (Fsp3) is 0.375. The van der Waals surface area contributed by atoms with Gasteiger partial charge in [0.25, 0.3) is 5.91 Å². The molecular formula is C32H32ClN2O3+. The first-order valence-corrected chi connectivity index (χ1v) is 14.3. The highest BCUT2D eigenvalue weighted by Gasteiger charge is 2.33. The quantitative estimate of drug-likeness (QED) is 0.377. The van der Waals surface area contributed by atoms with Crippen molar-refractivity contribution >= 4 is 23.1 Å². The Hall–Kier alpha value is -3.15. The largest absolute Gasteiger partial charge is 0.456 e. The fourth-order valence-electron chi connectivity index (χ4n) is 6.65. The number of nitrogens with zero attached hydrogens (tertiary/aromatic N) is 2. The molecule has 0 spiro atoms.